The minimum absolute atomic E-state index is 0.171. The minimum atomic E-state index is -0.304. The van der Waals surface area contributed by atoms with Crippen molar-refractivity contribution in [3.63, 3.8) is 0 Å². The zero-order valence-electron chi connectivity index (χ0n) is 14.3. The molecular weight excluding hydrogens is 344 g/mol. The highest BCUT2D eigenvalue weighted by atomic mass is 32.1. The fraction of sp³-hybridized carbons (Fsp3) is 0.190. The topological polar surface area (TPSA) is 34.1 Å². The van der Waals surface area contributed by atoms with E-state index in [0.29, 0.717) is 0 Å². The van der Waals surface area contributed by atoms with Crippen LogP contribution in [-0.2, 0) is 0 Å². The third kappa shape index (κ3) is 2.39. The van der Waals surface area contributed by atoms with E-state index < -0.39 is 0 Å². The summed E-state index contributed by atoms with van der Waals surface area (Å²) in [5.41, 5.74) is 4.48. The number of ether oxygens (including phenoxy) is 2. The summed E-state index contributed by atoms with van der Waals surface area (Å²) in [5.74, 6) is 1.74. The molecule has 0 spiro atoms. The Balaban J connectivity index is 1.63. The second-order valence-corrected chi connectivity index (χ2v) is 7.19. The van der Waals surface area contributed by atoms with E-state index in [1.165, 1.54) is 11.1 Å². The maximum atomic E-state index is 6.38. The number of hydrogen-bond donors (Lipinski definition) is 0. The van der Waals surface area contributed by atoms with Crippen molar-refractivity contribution in [2.45, 2.75) is 18.7 Å². The number of methoxy groups -OCH3 is 1. The molecule has 2 aromatic carbocycles. The first-order chi connectivity index (χ1) is 12.8. The van der Waals surface area contributed by atoms with Crippen molar-refractivity contribution < 1.29 is 9.47 Å². The molecule has 3 aromatic rings. The van der Waals surface area contributed by atoms with Crippen LogP contribution in [0.3, 0.4) is 0 Å². The third-order valence-corrected chi connectivity index (χ3v) is 5.64. The van der Waals surface area contributed by atoms with Gasteiger partial charge in [-0.1, -0.05) is 30.3 Å². The number of benzene rings is 2. The summed E-state index contributed by atoms with van der Waals surface area (Å²) in [6.07, 6.45) is 0.574. The SMILES string of the molecule is COc1ccccc1[C@@H]1Oc2ccccc2[C@H]2CC(c3ccsc3)=NN21. The monoisotopic (exact) mass is 362 g/mol. The van der Waals surface area contributed by atoms with Crippen molar-refractivity contribution in [3.8, 4) is 11.5 Å². The highest BCUT2D eigenvalue weighted by Gasteiger charge is 2.41. The first kappa shape index (κ1) is 15.5. The Morgan fingerprint density at radius 1 is 1.08 bits per heavy atom. The highest BCUT2D eigenvalue weighted by molar-refractivity contribution is 7.08. The largest absolute Gasteiger partial charge is 0.496 e. The average Bonchev–Trinajstić information content (AvgIpc) is 3.37. The molecule has 1 aromatic heterocycles. The molecule has 0 unspecified atom stereocenters. The third-order valence-electron chi connectivity index (χ3n) is 4.96. The fourth-order valence-electron chi connectivity index (χ4n) is 3.71. The van der Waals surface area contributed by atoms with Crippen LogP contribution in [-0.4, -0.2) is 17.8 Å². The Kier molecular flexibility index (Phi) is 3.68. The Morgan fingerprint density at radius 2 is 1.88 bits per heavy atom. The summed E-state index contributed by atoms with van der Waals surface area (Å²) >= 11 is 1.70. The van der Waals surface area contributed by atoms with Crippen LogP contribution in [0.1, 0.15) is 35.4 Å². The summed E-state index contributed by atoms with van der Waals surface area (Å²) in [6.45, 7) is 0. The smallest absolute Gasteiger partial charge is 0.217 e. The molecule has 5 rings (SSSR count). The van der Waals surface area contributed by atoms with Gasteiger partial charge in [0.25, 0.3) is 0 Å². The van der Waals surface area contributed by atoms with Gasteiger partial charge in [-0.2, -0.15) is 16.4 Å². The lowest BCUT2D eigenvalue weighted by Gasteiger charge is -2.38. The highest BCUT2D eigenvalue weighted by Crippen LogP contribution is 2.48. The van der Waals surface area contributed by atoms with Crippen molar-refractivity contribution in [2.24, 2.45) is 5.10 Å². The van der Waals surface area contributed by atoms with Crippen LogP contribution in [0.2, 0.25) is 0 Å². The van der Waals surface area contributed by atoms with E-state index in [9.17, 15) is 0 Å². The van der Waals surface area contributed by atoms with Crippen LogP contribution < -0.4 is 9.47 Å². The van der Waals surface area contributed by atoms with Gasteiger partial charge in [-0.05, 0) is 35.0 Å². The summed E-state index contributed by atoms with van der Waals surface area (Å²) in [4.78, 5) is 0. The predicted molar refractivity (Wildman–Crippen MR) is 103 cm³/mol. The lowest BCUT2D eigenvalue weighted by molar-refractivity contribution is -0.0203. The molecule has 0 N–H and O–H groups in total. The van der Waals surface area contributed by atoms with E-state index >= 15 is 0 Å². The second-order valence-electron chi connectivity index (χ2n) is 6.41. The lowest BCUT2D eigenvalue weighted by atomic mass is 9.96. The second kappa shape index (κ2) is 6.18. The Hall–Kier alpha value is -2.79. The first-order valence-electron chi connectivity index (χ1n) is 8.62. The van der Waals surface area contributed by atoms with Gasteiger partial charge in [0, 0.05) is 17.5 Å². The summed E-state index contributed by atoms with van der Waals surface area (Å²) < 4.78 is 12.0. The van der Waals surface area contributed by atoms with Crippen LogP contribution >= 0.6 is 11.3 Å². The lowest BCUT2D eigenvalue weighted by Crippen LogP contribution is -2.33. The standard InChI is InChI=1S/C21H18N2O2S/c1-24-19-8-4-3-7-16(19)21-23-18(15-6-2-5-9-20(15)25-21)12-17(22-23)14-10-11-26-13-14/h2-11,13,18,21H,12H2,1H3/t18-,21+/m1/s1. The van der Waals surface area contributed by atoms with Crippen molar-refractivity contribution in [1.82, 2.24) is 5.01 Å². The molecular formula is C21H18N2O2S. The van der Waals surface area contributed by atoms with Gasteiger partial charge in [0.15, 0.2) is 0 Å². The molecule has 0 saturated carbocycles. The van der Waals surface area contributed by atoms with Gasteiger partial charge in [-0.3, -0.25) is 0 Å². The number of thiophene rings is 1. The van der Waals surface area contributed by atoms with Gasteiger partial charge >= 0.3 is 0 Å². The van der Waals surface area contributed by atoms with Crippen molar-refractivity contribution >= 4 is 17.0 Å². The number of fused-ring (bicyclic) bond motifs is 3. The molecule has 2 aliphatic heterocycles. The van der Waals surface area contributed by atoms with Crippen molar-refractivity contribution in [3.05, 3.63) is 82.0 Å². The van der Waals surface area contributed by atoms with E-state index in [4.69, 9.17) is 14.6 Å². The van der Waals surface area contributed by atoms with Crippen LogP contribution in [0.5, 0.6) is 11.5 Å². The van der Waals surface area contributed by atoms with E-state index in [1.54, 1.807) is 18.4 Å². The normalized spacial score (nSPS) is 20.8. The molecule has 0 fully saturated rings. The molecule has 130 valence electrons. The number of para-hydroxylation sites is 2. The zero-order chi connectivity index (χ0) is 17.5. The van der Waals surface area contributed by atoms with Gasteiger partial charge in [0.1, 0.15) is 11.5 Å². The van der Waals surface area contributed by atoms with E-state index in [2.05, 4.69) is 34.0 Å². The number of hydrogen-bond acceptors (Lipinski definition) is 5. The van der Waals surface area contributed by atoms with Gasteiger partial charge in [0.2, 0.25) is 6.23 Å². The first-order valence-corrected chi connectivity index (χ1v) is 9.56. The van der Waals surface area contributed by atoms with Crippen LogP contribution in [0.15, 0.2) is 70.5 Å². The molecule has 0 radical (unpaired) electrons. The Labute approximate surface area is 156 Å². The molecule has 5 heteroatoms. The van der Waals surface area contributed by atoms with Crippen LogP contribution in [0, 0.1) is 0 Å². The Morgan fingerprint density at radius 3 is 2.69 bits per heavy atom. The predicted octanol–water partition coefficient (Wildman–Crippen LogP) is 5.00. The zero-order valence-corrected chi connectivity index (χ0v) is 15.1. The fourth-order valence-corrected chi connectivity index (χ4v) is 4.38. The molecule has 0 aliphatic carbocycles. The minimum Gasteiger partial charge on any atom is -0.496 e. The summed E-state index contributed by atoms with van der Waals surface area (Å²) in [7, 11) is 1.69. The van der Waals surface area contributed by atoms with Gasteiger partial charge in [-0.25, -0.2) is 5.01 Å². The van der Waals surface area contributed by atoms with Gasteiger partial charge in [-0.15, -0.1) is 0 Å². The quantitative estimate of drug-likeness (QED) is 0.658. The molecule has 2 aliphatic rings. The van der Waals surface area contributed by atoms with Crippen molar-refractivity contribution in [2.75, 3.05) is 7.11 Å². The molecule has 26 heavy (non-hydrogen) atoms. The average molecular weight is 362 g/mol. The van der Waals surface area contributed by atoms with E-state index in [1.807, 2.05) is 36.4 Å². The number of rotatable bonds is 3. The van der Waals surface area contributed by atoms with E-state index in [-0.39, 0.29) is 12.3 Å². The van der Waals surface area contributed by atoms with Gasteiger partial charge in [0.05, 0.1) is 24.4 Å². The molecule has 0 amide bonds. The Bertz CT molecular complexity index is 968. The molecule has 3 heterocycles. The molecule has 0 saturated heterocycles. The van der Waals surface area contributed by atoms with Gasteiger partial charge < -0.3 is 9.47 Å². The molecule has 0 bridgehead atoms. The number of hydrazone groups is 1. The van der Waals surface area contributed by atoms with E-state index in [0.717, 1.165) is 29.2 Å². The number of nitrogens with zero attached hydrogens (tertiary/aromatic N) is 2. The molecule has 4 nitrogen and oxygen atoms in total. The van der Waals surface area contributed by atoms with Crippen LogP contribution in [0.4, 0.5) is 0 Å². The summed E-state index contributed by atoms with van der Waals surface area (Å²) in [6, 6.07) is 18.6. The van der Waals surface area contributed by atoms with Crippen LogP contribution in [0.25, 0.3) is 0 Å². The summed E-state index contributed by atoms with van der Waals surface area (Å²) in [5, 5.41) is 11.3. The molecule has 2 atom stereocenters. The maximum Gasteiger partial charge on any atom is 0.217 e. The maximum absolute atomic E-state index is 6.38. The van der Waals surface area contributed by atoms with Crippen molar-refractivity contribution in [1.29, 1.82) is 0 Å².